The number of thiazole rings is 1. The number of ketones is 1. The molecule has 1 aromatic heterocycles. The van der Waals surface area contributed by atoms with E-state index in [9.17, 15) is 18.0 Å². The highest BCUT2D eigenvalue weighted by atomic mass is 32.1. The first kappa shape index (κ1) is 14.5. The Morgan fingerprint density at radius 1 is 1.35 bits per heavy atom. The van der Waals surface area contributed by atoms with Crippen LogP contribution >= 0.6 is 11.3 Å². The minimum Gasteiger partial charge on any atom is -0.365 e. The molecule has 0 aliphatic heterocycles. The SMILES string of the molecule is CNc1nc(-c2cccc(C(F)(F)F)c2)c(C(C)=O)s1. The molecule has 2 rings (SSSR count). The van der Waals surface area contributed by atoms with Gasteiger partial charge in [0.15, 0.2) is 10.9 Å². The van der Waals surface area contributed by atoms with Crippen molar-refractivity contribution >= 4 is 22.3 Å². The van der Waals surface area contributed by atoms with Crippen molar-refractivity contribution in [2.24, 2.45) is 0 Å². The van der Waals surface area contributed by atoms with E-state index in [0.717, 1.165) is 23.5 Å². The summed E-state index contributed by atoms with van der Waals surface area (Å²) >= 11 is 1.12. The number of halogens is 3. The number of anilines is 1. The van der Waals surface area contributed by atoms with Crippen LogP contribution in [-0.4, -0.2) is 17.8 Å². The molecule has 0 aliphatic carbocycles. The summed E-state index contributed by atoms with van der Waals surface area (Å²) in [4.78, 5) is 16.1. The van der Waals surface area contributed by atoms with E-state index < -0.39 is 11.7 Å². The van der Waals surface area contributed by atoms with Crippen molar-refractivity contribution in [1.29, 1.82) is 0 Å². The molecule has 0 radical (unpaired) electrons. The Bertz CT molecular complexity index is 649. The number of nitrogens with one attached hydrogen (secondary N) is 1. The normalized spacial score (nSPS) is 11.4. The lowest BCUT2D eigenvalue weighted by Crippen LogP contribution is -2.04. The monoisotopic (exact) mass is 300 g/mol. The molecule has 0 spiro atoms. The molecule has 0 fully saturated rings. The molecule has 7 heteroatoms. The molecule has 1 N–H and O–H groups in total. The predicted octanol–water partition coefficient (Wildman–Crippen LogP) is 4.07. The molecule has 0 bridgehead atoms. The number of rotatable bonds is 3. The number of carbonyl (C=O) groups is 1. The number of alkyl halides is 3. The van der Waals surface area contributed by atoms with Gasteiger partial charge in [-0.1, -0.05) is 23.5 Å². The van der Waals surface area contributed by atoms with Crippen molar-refractivity contribution in [2.75, 3.05) is 12.4 Å². The molecule has 0 unspecified atom stereocenters. The fraction of sp³-hybridized carbons (Fsp3) is 0.231. The fourth-order valence-corrected chi connectivity index (χ4v) is 2.54. The number of benzene rings is 1. The molecule has 0 amide bonds. The summed E-state index contributed by atoms with van der Waals surface area (Å²) in [5.41, 5.74) is -0.204. The van der Waals surface area contributed by atoms with Gasteiger partial charge in [0, 0.05) is 19.5 Å². The van der Waals surface area contributed by atoms with Crippen molar-refractivity contribution < 1.29 is 18.0 Å². The minimum absolute atomic E-state index is 0.226. The van der Waals surface area contributed by atoms with Gasteiger partial charge < -0.3 is 5.32 Å². The van der Waals surface area contributed by atoms with E-state index in [1.165, 1.54) is 19.1 Å². The van der Waals surface area contributed by atoms with E-state index in [1.807, 2.05) is 0 Å². The maximum atomic E-state index is 12.7. The molecular weight excluding hydrogens is 289 g/mol. The molecular formula is C13H11F3N2OS. The van der Waals surface area contributed by atoms with Gasteiger partial charge in [-0.25, -0.2) is 4.98 Å². The van der Waals surface area contributed by atoms with Crippen LogP contribution in [0.4, 0.5) is 18.3 Å². The molecule has 3 nitrogen and oxygen atoms in total. The summed E-state index contributed by atoms with van der Waals surface area (Å²) < 4.78 is 38.2. The lowest BCUT2D eigenvalue weighted by atomic mass is 10.1. The molecule has 1 aromatic carbocycles. The standard InChI is InChI=1S/C13H11F3N2OS/c1-7(19)11-10(18-12(17-2)20-11)8-4-3-5-9(6-8)13(14,15)16/h3-6H,1-2H3,(H,17,18). The van der Waals surface area contributed by atoms with Crippen LogP contribution in [0.15, 0.2) is 24.3 Å². The number of carbonyl (C=O) groups excluding carboxylic acids is 1. The number of hydrogen-bond acceptors (Lipinski definition) is 4. The summed E-state index contributed by atoms with van der Waals surface area (Å²) in [5.74, 6) is -0.226. The fourth-order valence-electron chi connectivity index (χ4n) is 1.70. The minimum atomic E-state index is -4.42. The van der Waals surface area contributed by atoms with E-state index >= 15 is 0 Å². The first-order valence-electron chi connectivity index (χ1n) is 5.70. The Kier molecular flexibility index (Phi) is 3.80. The van der Waals surface area contributed by atoms with Gasteiger partial charge in [-0.2, -0.15) is 13.2 Å². The molecule has 0 saturated heterocycles. The highest BCUT2D eigenvalue weighted by molar-refractivity contribution is 7.18. The maximum absolute atomic E-state index is 12.7. The van der Waals surface area contributed by atoms with Gasteiger partial charge in [0.25, 0.3) is 0 Å². The smallest absolute Gasteiger partial charge is 0.365 e. The first-order valence-corrected chi connectivity index (χ1v) is 6.51. The Balaban J connectivity index is 2.56. The Morgan fingerprint density at radius 2 is 2.05 bits per heavy atom. The molecule has 1 heterocycles. The Hall–Kier alpha value is -1.89. The van der Waals surface area contributed by atoms with Crippen molar-refractivity contribution in [1.82, 2.24) is 4.98 Å². The third kappa shape index (κ3) is 2.82. The topological polar surface area (TPSA) is 42.0 Å². The van der Waals surface area contributed by atoms with Gasteiger partial charge >= 0.3 is 6.18 Å². The summed E-state index contributed by atoms with van der Waals surface area (Å²) in [6.45, 7) is 1.37. The second kappa shape index (κ2) is 5.24. The third-order valence-corrected chi connectivity index (χ3v) is 3.80. The van der Waals surface area contributed by atoms with Crippen LogP contribution in [0, 0.1) is 0 Å². The van der Waals surface area contributed by atoms with Crippen LogP contribution in [0.1, 0.15) is 22.2 Å². The van der Waals surface area contributed by atoms with E-state index in [4.69, 9.17) is 0 Å². The Morgan fingerprint density at radius 3 is 2.60 bits per heavy atom. The van der Waals surface area contributed by atoms with Crippen molar-refractivity contribution in [2.45, 2.75) is 13.1 Å². The van der Waals surface area contributed by atoms with Crippen LogP contribution in [0.5, 0.6) is 0 Å². The zero-order valence-corrected chi connectivity index (χ0v) is 11.5. The second-order valence-electron chi connectivity index (χ2n) is 4.08. The highest BCUT2D eigenvalue weighted by Gasteiger charge is 2.31. The maximum Gasteiger partial charge on any atom is 0.416 e. The van der Waals surface area contributed by atoms with Gasteiger partial charge in [0.1, 0.15) is 0 Å². The van der Waals surface area contributed by atoms with E-state index in [-0.39, 0.29) is 17.0 Å². The molecule has 106 valence electrons. The van der Waals surface area contributed by atoms with Crippen LogP contribution in [0.2, 0.25) is 0 Å². The van der Waals surface area contributed by atoms with Gasteiger partial charge in [-0.3, -0.25) is 4.79 Å². The van der Waals surface area contributed by atoms with E-state index in [2.05, 4.69) is 10.3 Å². The van der Waals surface area contributed by atoms with Crippen LogP contribution in [0.25, 0.3) is 11.3 Å². The molecule has 0 saturated carbocycles. The average molecular weight is 300 g/mol. The third-order valence-electron chi connectivity index (χ3n) is 2.62. The number of Topliss-reactive ketones (excluding diaryl/α,β-unsaturated/α-hetero) is 1. The van der Waals surface area contributed by atoms with Crippen molar-refractivity contribution in [3.05, 3.63) is 34.7 Å². The summed E-state index contributed by atoms with van der Waals surface area (Å²) in [7, 11) is 1.64. The van der Waals surface area contributed by atoms with Gasteiger partial charge in [0.2, 0.25) is 0 Å². The van der Waals surface area contributed by atoms with Crippen LogP contribution < -0.4 is 5.32 Å². The van der Waals surface area contributed by atoms with E-state index in [0.29, 0.717) is 10.0 Å². The van der Waals surface area contributed by atoms with Crippen LogP contribution in [-0.2, 0) is 6.18 Å². The highest BCUT2D eigenvalue weighted by Crippen LogP contribution is 2.35. The van der Waals surface area contributed by atoms with Crippen molar-refractivity contribution in [3.63, 3.8) is 0 Å². The number of nitrogens with zero attached hydrogens (tertiary/aromatic N) is 1. The second-order valence-corrected chi connectivity index (χ2v) is 5.08. The molecule has 0 atom stereocenters. The zero-order valence-electron chi connectivity index (χ0n) is 10.7. The lowest BCUT2D eigenvalue weighted by molar-refractivity contribution is -0.137. The summed E-state index contributed by atoms with van der Waals surface area (Å²) in [5, 5.41) is 3.28. The molecule has 0 aliphatic rings. The predicted molar refractivity (Wildman–Crippen MR) is 72.1 cm³/mol. The first-order chi connectivity index (χ1) is 9.32. The molecule has 20 heavy (non-hydrogen) atoms. The summed E-state index contributed by atoms with van der Waals surface area (Å²) in [6.07, 6.45) is -4.42. The average Bonchev–Trinajstić information content (AvgIpc) is 2.82. The van der Waals surface area contributed by atoms with E-state index in [1.54, 1.807) is 7.05 Å². The number of hydrogen-bond donors (Lipinski definition) is 1. The van der Waals surface area contributed by atoms with Crippen molar-refractivity contribution in [3.8, 4) is 11.3 Å². The Labute approximate surface area is 117 Å². The van der Waals surface area contributed by atoms with Gasteiger partial charge in [-0.15, -0.1) is 0 Å². The quantitative estimate of drug-likeness (QED) is 0.869. The van der Waals surface area contributed by atoms with Crippen LogP contribution in [0.3, 0.4) is 0 Å². The van der Waals surface area contributed by atoms with Gasteiger partial charge in [0.05, 0.1) is 16.1 Å². The lowest BCUT2D eigenvalue weighted by Gasteiger charge is -2.08. The zero-order chi connectivity index (χ0) is 14.9. The summed E-state index contributed by atoms with van der Waals surface area (Å²) in [6, 6.07) is 4.81. The molecule has 2 aromatic rings. The number of aromatic nitrogens is 1. The van der Waals surface area contributed by atoms with Gasteiger partial charge in [-0.05, 0) is 12.1 Å². The largest absolute Gasteiger partial charge is 0.416 e.